The van der Waals surface area contributed by atoms with E-state index in [-0.39, 0.29) is 18.0 Å². The standard InChI is InChI=1S/C16H15N5O2/c1-11(12-5-3-2-4-6-12)23-14-8-7-13(9-17-14)15(22)20-16-18-10-19-21-16/h2-11H,1H3,(H2,18,19,20,21,22). The van der Waals surface area contributed by atoms with E-state index in [2.05, 4.69) is 25.5 Å². The molecule has 2 heterocycles. The summed E-state index contributed by atoms with van der Waals surface area (Å²) in [4.78, 5) is 20.0. The molecular formula is C16H15N5O2. The summed E-state index contributed by atoms with van der Waals surface area (Å²) in [6.45, 7) is 1.95. The maximum Gasteiger partial charge on any atom is 0.259 e. The van der Waals surface area contributed by atoms with Crippen LogP contribution in [0.3, 0.4) is 0 Å². The summed E-state index contributed by atoms with van der Waals surface area (Å²) in [5.74, 6) is 0.419. The summed E-state index contributed by atoms with van der Waals surface area (Å²) < 4.78 is 5.77. The molecule has 0 saturated heterocycles. The van der Waals surface area contributed by atoms with Crippen molar-refractivity contribution in [3.63, 3.8) is 0 Å². The number of nitrogens with zero attached hydrogens (tertiary/aromatic N) is 3. The summed E-state index contributed by atoms with van der Waals surface area (Å²) in [5.41, 5.74) is 1.46. The van der Waals surface area contributed by atoms with Crippen molar-refractivity contribution >= 4 is 11.9 Å². The number of aromatic nitrogens is 4. The zero-order valence-electron chi connectivity index (χ0n) is 12.4. The minimum absolute atomic E-state index is 0.127. The van der Waals surface area contributed by atoms with Crippen LogP contribution in [0.2, 0.25) is 0 Å². The van der Waals surface area contributed by atoms with Crippen molar-refractivity contribution in [2.45, 2.75) is 13.0 Å². The lowest BCUT2D eigenvalue weighted by Gasteiger charge is -2.14. The molecule has 0 saturated carbocycles. The number of benzene rings is 1. The molecule has 23 heavy (non-hydrogen) atoms. The second-order valence-electron chi connectivity index (χ2n) is 4.84. The van der Waals surface area contributed by atoms with E-state index < -0.39 is 0 Å². The number of hydrogen-bond acceptors (Lipinski definition) is 5. The third-order valence-corrected chi connectivity index (χ3v) is 3.21. The highest BCUT2D eigenvalue weighted by molar-refractivity contribution is 6.03. The van der Waals surface area contributed by atoms with Gasteiger partial charge in [-0.05, 0) is 18.6 Å². The fourth-order valence-electron chi connectivity index (χ4n) is 2.00. The van der Waals surface area contributed by atoms with Gasteiger partial charge in [0.1, 0.15) is 12.4 Å². The fourth-order valence-corrected chi connectivity index (χ4v) is 2.00. The maximum atomic E-state index is 12.0. The van der Waals surface area contributed by atoms with Gasteiger partial charge < -0.3 is 4.74 Å². The van der Waals surface area contributed by atoms with Crippen LogP contribution in [0.1, 0.15) is 28.9 Å². The topological polar surface area (TPSA) is 92.8 Å². The summed E-state index contributed by atoms with van der Waals surface area (Å²) in [6.07, 6.45) is 2.65. The van der Waals surface area contributed by atoms with E-state index in [0.29, 0.717) is 11.4 Å². The molecule has 1 amide bonds. The average molecular weight is 309 g/mol. The predicted octanol–water partition coefficient (Wildman–Crippen LogP) is 2.59. The van der Waals surface area contributed by atoms with E-state index in [1.165, 1.54) is 12.5 Å². The van der Waals surface area contributed by atoms with Crippen molar-refractivity contribution in [3.8, 4) is 5.88 Å². The quantitative estimate of drug-likeness (QED) is 0.755. The van der Waals surface area contributed by atoms with Gasteiger partial charge in [0.2, 0.25) is 11.8 Å². The number of nitrogens with one attached hydrogen (secondary N) is 2. The van der Waals surface area contributed by atoms with Crippen molar-refractivity contribution in [2.24, 2.45) is 0 Å². The molecule has 3 rings (SSSR count). The summed E-state index contributed by atoms with van der Waals surface area (Å²) in [7, 11) is 0. The van der Waals surface area contributed by atoms with Crippen LogP contribution in [0.5, 0.6) is 5.88 Å². The number of carbonyl (C=O) groups excluding carboxylic acids is 1. The third kappa shape index (κ3) is 3.70. The third-order valence-electron chi connectivity index (χ3n) is 3.21. The summed E-state index contributed by atoms with van der Waals surface area (Å²) in [5, 5.41) is 8.79. The Bertz CT molecular complexity index is 757. The van der Waals surface area contributed by atoms with Crippen molar-refractivity contribution < 1.29 is 9.53 Å². The van der Waals surface area contributed by atoms with Crippen molar-refractivity contribution in [1.29, 1.82) is 0 Å². The van der Waals surface area contributed by atoms with Gasteiger partial charge in [-0.2, -0.15) is 10.1 Å². The Kier molecular flexibility index (Phi) is 4.28. The number of aromatic amines is 1. The van der Waals surface area contributed by atoms with Crippen LogP contribution in [0, 0.1) is 0 Å². The second-order valence-corrected chi connectivity index (χ2v) is 4.84. The van der Waals surface area contributed by atoms with Gasteiger partial charge in [0.15, 0.2) is 0 Å². The first-order valence-electron chi connectivity index (χ1n) is 7.07. The van der Waals surface area contributed by atoms with E-state index >= 15 is 0 Å². The second kappa shape index (κ2) is 6.69. The summed E-state index contributed by atoms with van der Waals surface area (Å²) >= 11 is 0. The maximum absolute atomic E-state index is 12.0. The number of rotatable bonds is 5. The van der Waals surface area contributed by atoms with Gasteiger partial charge >= 0.3 is 0 Å². The van der Waals surface area contributed by atoms with Gasteiger partial charge in [-0.25, -0.2) is 10.1 Å². The molecule has 2 aromatic heterocycles. The highest BCUT2D eigenvalue weighted by Crippen LogP contribution is 2.19. The van der Waals surface area contributed by atoms with Crippen molar-refractivity contribution in [3.05, 3.63) is 66.1 Å². The van der Waals surface area contributed by atoms with Gasteiger partial charge in [0.25, 0.3) is 5.91 Å². The molecule has 0 spiro atoms. The number of ether oxygens (including phenoxy) is 1. The van der Waals surface area contributed by atoms with E-state index in [1.807, 2.05) is 37.3 Å². The first kappa shape index (κ1) is 14.7. The number of carbonyl (C=O) groups is 1. The van der Waals surface area contributed by atoms with E-state index in [1.54, 1.807) is 12.1 Å². The molecule has 7 nitrogen and oxygen atoms in total. The SMILES string of the molecule is CC(Oc1ccc(C(=O)Nc2ncn[nH]2)cn1)c1ccccc1. The number of pyridine rings is 1. The lowest BCUT2D eigenvalue weighted by molar-refractivity contribution is 0.102. The number of hydrogen-bond donors (Lipinski definition) is 2. The molecule has 3 aromatic rings. The molecule has 0 aliphatic carbocycles. The van der Waals surface area contributed by atoms with Crippen LogP contribution < -0.4 is 10.1 Å². The van der Waals surface area contributed by atoms with Crippen LogP contribution in [0.4, 0.5) is 5.95 Å². The lowest BCUT2D eigenvalue weighted by Crippen LogP contribution is -2.13. The zero-order chi connectivity index (χ0) is 16.1. The molecular weight excluding hydrogens is 294 g/mol. The molecule has 116 valence electrons. The number of H-pyrrole nitrogens is 1. The number of anilines is 1. The normalized spacial score (nSPS) is 11.7. The molecule has 0 radical (unpaired) electrons. The highest BCUT2D eigenvalue weighted by Gasteiger charge is 2.11. The zero-order valence-corrected chi connectivity index (χ0v) is 12.4. The molecule has 1 unspecified atom stereocenters. The Morgan fingerprint density at radius 2 is 2.00 bits per heavy atom. The van der Waals surface area contributed by atoms with Gasteiger partial charge in [0, 0.05) is 12.3 Å². The van der Waals surface area contributed by atoms with E-state index in [0.717, 1.165) is 5.56 Å². The van der Waals surface area contributed by atoms with Gasteiger partial charge in [-0.1, -0.05) is 30.3 Å². The Morgan fingerprint density at radius 3 is 2.65 bits per heavy atom. The smallest absolute Gasteiger partial charge is 0.259 e. The molecule has 7 heteroatoms. The largest absolute Gasteiger partial charge is 0.470 e. The van der Waals surface area contributed by atoms with Crippen LogP contribution in [-0.4, -0.2) is 26.1 Å². The van der Waals surface area contributed by atoms with Crippen LogP contribution >= 0.6 is 0 Å². The van der Waals surface area contributed by atoms with E-state index in [4.69, 9.17) is 4.74 Å². The first-order valence-corrected chi connectivity index (χ1v) is 7.07. The number of amides is 1. The summed E-state index contributed by atoms with van der Waals surface area (Å²) in [6, 6.07) is 13.2. The molecule has 0 fully saturated rings. The van der Waals surface area contributed by atoms with E-state index in [9.17, 15) is 4.79 Å². The average Bonchev–Trinajstić information content (AvgIpc) is 3.09. The Morgan fingerprint density at radius 1 is 1.17 bits per heavy atom. The Hall–Kier alpha value is -3.22. The Labute approximate surface area is 132 Å². The Balaban J connectivity index is 1.64. The predicted molar refractivity (Wildman–Crippen MR) is 84.1 cm³/mol. The molecule has 0 aliphatic rings. The molecule has 1 aromatic carbocycles. The molecule has 0 bridgehead atoms. The molecule has 2 N–H and O–H groups in total. The minimum Gasteiger partial charge on any atom is -0.470 e. The molecule has 1 atom stereocenters. The lowest BCUT2D eigenvalue weighted by atomic mass is 10.1. The van der Waals surface area contributed by atoms with Gasteiger partial charge in [-0.15, -0.1) is 0 Å². The van der Waals surface area contributed by atoms with Gasteiger partial charge in [-0.3, -0.25) is 10.1 Å². The fraction of sp³-hybridized carbons (Fsp3) is 0.125. The van der Waals surface area contributed by atoms with Crippen LogP contribution in [-0.2, 0) is 0 Å². The van der Waals surface area contributed by atoms with Crippen molar-refractivity contribution in [1.82, 2.24) is 20.2 Å². The van der Waals surface area contributed by atoms with Crippen LogP contribution in [0.15, 0.2) is 55.0 Å². The van der Waals surface area contributed by atoms with Crippen LogP contribution in [0.25, 0.3) is 0 Å². The monoisotopic (exact) mass is 309 g/mol. The highest BCUT2D eigenvalue weighted by atomic mass is 16.5. The first-order chi connectivity index (χ1) is 11.2. The molecule has 0 aliphatic heterocycles. The van der Waals surface area contributed by atoms with Gasteiger partial charge in [0.05, 0.1) is 5.56 Å². The minimum atomic E-state index is -0.322. The van der Waals surface area contributed by atoms with Crippen molar-refractivity contribution in [2.75, 3.05) is 5.32 Å².